The van der Waals surface area contributed by atoms with Crippen LogP contribution >= 0.6 is 0 Å². The van der Waals surface area contributed by atoms with Crippen molar-refractivity contribution in [2.45, 2.75) is 31.6 Å². The Morgan fingerprint density at radius 2 is 2.22 bits per heavy atom. The Labute approximate surface area is 105 Å². The number of para-hydroxylation sites is 2. The van der Waals surface area contributed by atoms with Crippen LogP contribution in [0.5, 0.6) is 0 Å². The minimum Gasteiger partial charge on any atom is -0.465 e. The summed E-state index contributed by atoms with van der Waals surface area (Å²) in [6.45, 7) is 2.25. The average Bonchev–Trinajstić information content (AvgIpc) is 2.71. The highest BCUT2D eigenvalue weighted by Gasteiger charge is 2.49. The lowest BCUT2D eigenvalue weighted by Crippen LogP contribution is -2.44. The summed E-state index contributed by atoms with van der Waals surface area (Å²) < 4.78 is 5.20. The number of carbonyl (C=O) groups is 1. The van der Waals surface area contributed by atoms with Crippen molar-refractivity contribution in [3.8, 4) is 0 Å². The zero-order chi connectivity index (χ0) is 12.6. The topological polar surface area (TPSA) is 55.0 Å². The minimum absolute atomic E-state index is 0.143. The van der Waals surface area contributed by atoms with Gasteiger partial charge in [0.1, 0.15) is 11.2 Å². The van der Waals surface area contributed by atoms with Gasteiger partial charge >= 0.3 is 5.97 Å². The molecule has 0 bridgehead atoms. The molecule has 1 aromatic carbocycles. The van der Waals surface area contributed by atoms with Gasteiger partial charge in [0.05, 0.1) is 17.6 Å². The lowest BCUT2D eigenvalue weighted by atomic mass is 9.68. The van der Waals surface area contributed by atoms with Gasteiger partial charge in [0.25, 0.3) is 0 Å². The standard InChI is InChI=1S/C14H16N2O2/c1-2-18-13(17)14(8-5-9-14)12-15-10-6-3-4-7-11(10)16-12/h3-4,6-7H,2,5,8-9H2,1H3,(H,15,16). The number of rotatable bonds is 3. The number of hydrogen-bond donors (Lipinski definition) is 1. The number of benzene rings is 1. The van der Waals surface area contributed by atoms with E-state index in [9.17, 15) is 4.79 Å². The van der Waals surface area contributed by atoms with Gasteiger partial charge in [-0.1, -0.05) is 18.6 Å². The molecule has 2 aromatic rings. The highest BCUT2D eigenvalue weighted by Crippen LogP contribution is 2.43. The third-order valence-electron chi connectivity index (χ3n) is 3.72. The molecule has 0 radical (unpaired) electrons. The molecule has 1 aliphatic rings. The highest BCUT2D eigenvalue weighted by atomic mass is 16.5. The van der Waals surface area contributed by atoms with E-state index in [-0.39, 0.29) is 5.97 Å². The van der Waals surface area contributed by atoms with E-state index in [2.05, 4.69) is 9.97 Å². The second-order valence-corrected chi connectivity index (χ2v) is 4.76. The van der Waals surface area contributed by atoms with Gasteiger partial charge in [-0.3, -0.25) is 4.79 Å². The first kappa shape index (κ1) is 11.3. The zero-order valence-corrected chi connectivity index (χ0v) is 10.4. The summed E-state index contributed by atoms with van der Waals surface area (Å²) in [4.78, 5) is 20.0. The van der Waals surface area contributed by atoms with Gasteiger partial charge in [-0.05, 0) is 31.9 Å². The number of nitrogens with one attached hydrogen (secondary N) is 1. The predicted octanol–water partition coefficient (Wildman–Crippen LogP) is 2.55. The Morgan fingerprint density at radius 1 is 1.44 bits per heavy atom. The Morgan fingerprint density at radius 3 is 2.83 bits per heavy atom. The fourth-order valence-corrected chi connectivity index (χ4v) is 2.52. The largest absolute Gasteiger partial charge is 0.465 e. The first-order chi connectivity index (χ1) is 8.76. The summed E-state index contributed by atoms with van der Waals surface area (Å²) in [6.07, 6.45) is 2.70. The second kappa shape index (κ2) is 4.12. The smallest absolute Gasteiger partial charge is 0.319 e. The Kier molecular flexibility index (Phi) is 2.58. The van der Waals surface area contributed by atoms with Gasteiger partial charge in [-0.15, -0.1) is 0 Å². The molecule has 0 aliphatic heterocycles. The van der Waals surface area contributed by atoms with E-state index in [1.165, 1.54) is 0 Å². The summed E-state index contributed by atoms with van der Waals surface area (Å²) in [5.41, 5.74) is 1.35. The van der Waals surface area contributed by atoms with E-state index in [4.69, 9.17) is 4.74 Å². The van der Waals surface area contributed by atoms with Crippen molar-refractivity contribution in [3.63, 3.8) is 0 Å². The second-order valence-electron chi connectivity index (χ2n) is 4.76. The van der Waals surface area contributed by atoms with Crippen molar-refractivity contribution in [2.24, 2.45) is 0 Å². The normalized spacial score (nSPS) is 17.4. The van der Waals surface area contributed by atoms with Crippen LogP contribution in [0.4, 0.5) is 0 Å². The van der Waals surface area contributed by atoms with Crippen LogP contribution in [0.1, 0.15) is 32.0 Å². The Hall–Kier alpha value is -1.84. The molecule has 1 saturated carbocycles. The Balaban J connectivity index is 2.03. The molecule has 4 heteroatoms. The van der Waals surface area contributed by atoms with Gasteiger partial charge < -0.3 is 9.72 Å². The molecule has 1 fully saturated rings. The summed E-state index contributed by atoms with van der Waals surface area (Å²) >= 11 is 0. The molecule has 94 valence electrons. The quantitative estimate of drug-likeness (QED) is 0.844. The molecule has 0 saturated heterocycles. The van der Waals surface area contributed by atoms with E-state index >= 15 is 0 Å². The first-order valence-corrected chi connectivity index (χ1v) is 6.39. The number of H-pyrrole nitrogens is 1. The van der Waals surface area contributed by atoms with Gasteiger partial charge in [0.2, 0.25) is 0 Å². The van der Waals surface area contributed by atoms with Gasteiger partial charge in [0, 0.05) is 0 Å². The van der Waals surface area contributed by atoms with Crippen LogP contribution in [0.25, 0.3) is 11.0 Å². The molecule has 0 atom stereocenters. The summed E-state index contributed by atoms with van der Waals surface area (Å²) in [5, 5.41) is 0. The number of esters is 1. The lowest BCUT2D eigenvalue weighted by Gasteiger charge is -2.37. The molecule has 0 amide bonds. The van der Waals surface area contributed by atoms with Gasteiger partial charge in [-0.2, -0.15) is 0 Å². The van der Waals surface area contributed by atoms with Crippen LogP contribution in [-0.4, -0.2) is 22.5 Å². The molecule has 1 heterocycles. The Bertz CT molecular complexity index is 551. The third kappa shape index (κ3) is 1.52. The molecule has 1 aromatic heterocycles. The van der Waals surface area contributed by atoms with Crippen molar-refractivity contribution in [1.82, 2.24) is 9.97 Å². The average molecular weight is 244 g/mol. The summed E-state index contributed by atoms with van der Waals surface area (Å²) in [6, 6.07) is 7.84. The van der Waals surface area contributed by atoms with Crippen molar-refractivity contribution in [2.75, 3.05) is 6.61 Å². The molecular formula is C14H16N2O2. The van der Waals surface area contributed by atoms with Crippen molar-refractivity contribution in [1.29, 1.82) is 0 Å². The fourth-order valence-electron chi connectivity index (χ4n) is 2.52. The highest BCUT2D eigenvalue weighted by molar-refractivity contribution is 5.85. The number of hydrogen-bond acceptors (Lipinski definition) is 3. The molecule has 1 N–H and O–H groups in total. The number of nitrogens with zero attached hydrogens (tertiary/aromatic N) is 1. The van der Waals surface area contributed by atoms with Crippen LogP contribution in [0.2, 0.25) is 0 Å². The zero-order valence-electron chi connectivity index (χ0n) is 10.4. The van der Waals surface area contributed by atoms with E-state index in [0.29, 0.717) is 6.61 Å². The molecular weight excluding hydrogens is 228 g/mol. The maximum Gasteiger partial charge on any atom is 0.319 e. The molecule has 4 nitrogen and oxygen atoms in total. The van der Waals surface area contributed by atoms with Crippen LogP contribution in [0.15, 0.2) is 24.3 Å². The van der Waals surface area contributed by atoms with Gasteiger partial charge in [0.15, 0.2) is 0 Å². The maximum absolute atomic E-state index is 12.1. The number of carbonyl (C=O) groups excluding carboxylic acids is 1. The van der Waals surface area contributed by atoms with E-state index in [1.54, 1.807) is 0 Å². The first-order valence-electron chi connectivity index (χ1n) is 6.39. The summed E-state index contributed by atoms with van der Waals surface area (Å²) in [7, 11) is 0. The van der Waals surface area contributed by atoms with Crippen molar-refractivity contribution < 1.29 is 9.53 Å². The molecule has 18 heavy (non-hydrogen) atoms. The fraction of sp³-hybridized carbons (Fsp3) is 0.429. The van der Waals surface area contributed by atoms with E-state index in [0.717, 1.165) is 36.1 Å². The number of aromatic amines is 1. The van der Waals surface area contributed by atoms with Crippen molar-refractivity contribution in [3.05, 3.63) is 30.1 Å². The van der Waals surface area contributed by atoms with Crippen LogP contribution in [-0.2, 0) is 14.9 Å². The molecule has 0 spiro atoms. The number of ether oxygens (including phenoxy) is 1. The SMILES string of the molecule is CCOC(=O)C1(c2nc3ccccc3[nH]2)CCC1. The van der Waals surface area contributed by atoms with Gasteiger partial charge in [-0.25, -0.2) is 4.98 Å². The molecule has 1 aliphatic carbocycles. The lowest BCUT2D eigenvalue weighted by molar-refractivity contribution is -0.154. The van der Waals surface area contributed by atoms with Crippen molar-refractivity contribution >= 4 is 17.0 Å². The number of imidazole rings is 1. The van der Waals surface area contributed by atoms with E-state index in [1.807, 2.05) is 31.2 Å². The summed E-state index contributed by atoms with van der Waals surface area (Å²) in [5.74, 6) is 0.615. The monoisotopic (exact) mass is 244 g/mol. The number of aromatic nitrogens is 2. The molecule has 0 unspecified atom stereocenters. The number of fused-ring (bicyclic) bond motifs is 1. The molecule has 3 rings (SSSR count). The maximum atomic E-state index is 12.1. The minimum atomic E-state index is -0.533. The van der Waals surface area contributed by atoms with Crippen LogP contribution in [0, 0.1) is 0 Å². The predicted molar refractivity (Wildman–Crippen MR) is 68.3 cm³/mol. The van der Waals surface area contributed by atoms with E-state index < -0.39 is 5.41 Å². The van der Waals surface area contributed by atoms with Crippen LogP contribution < -0.4 is 0 Å². The third-order valence-corrected chi connectivity index (χ3v) is 3.72. The van der Waals surface area contributed by atoms with Crippen LogP contribution in [0.3, 0.4) is 0 Å².